The normalized spacial score (nSPS) is 14.8. The summed E-state index contributed by atoms with van der Waals surface area (Å²) in [5.74, 6) is 0.333. The molecule has 0 amide bonds. The minimum Gasteiger partial charge on any atom is -0.454 e. The van der Waals surface area contributed by atoms with Gasteiger partial charge in [0.25, 0.3) is 5.95 Å². The molecule has 1 rings (SSSR count). The van der Waals surface area contributed by atoms with E-state index in [1.807, 2.05) is 0 Å². The van der Waals surface area contributed by atoms with E-state index in [0.29, 0.717) is 17.9 Å². The van der Waals surface area contributed by atoms with Gasteiger partial charge in [-0.2, -0.15) is 0 Å². The molecule has 17 heavy (non-hydrogen) atoms. The summed E-state index contributed by atoms with van der Waals surface area (Å²) in [6, 6.07) is 0. The van der Waals surface area contributed by atoms with Gasteiger partial charge in [-0.15, -0.1) is 0 Å². The van der Waals surface area contributed by atoms with Crippen molar-refractivity contribution in [1.82, 2.24) is 0 Å². The number of ketones is 1. The van der Waals surface area contributed by atoms with Crippen LogP contribution in [0.2, 0.25) is 0 Å². The molecule has 0 spiro atoms. The number of esters is 1. The van der Waals surface area contributed by atoms with Crippen molar-refractivity contribution in [1.29, 1.82) is 0 Å². The van der Waals surface area contributed by atoms with Gasteiger partial charge < -0.3 is 14.2 Å². The molecular weight excluding hydrogens is 224 g/mol. The third kappa shape index (κ3) is 4.14. The highest BCUT2D eigenvalue weighted by atomic mass is 16.7. The maximum absolute atomic E-state index is 11.2. The maximum atomic E-state index is 11.2. The second-order valence-electron chi connectivity index (χ2n) is 3.32. The summed E-state index contributed by atoms with van der Waals surface area (Å²) >= 11 is 0. The summed E-state index contributed by atoms with van der Waals surface area (Å²) in [7, 11) is 0. The van der Waals surface area contributed by atoms with E-state index in [2.05, 4.69) is 6.58 Å². The summed E-state index contributed by atoms with van der Waals surface area (Å²) in [6.45, 7) is 6.81. The van der Waals surface area contributed by atoms with Gasteiger partial charge in [-0.05, 0) is 19.6 Å². The predicted molar refractivity (Wildman–Crippen MR) is 59.4 cm³/mol. The monoisotopic (exact) mass is 238 g/mol. The summed E-state index contributed by atoms with van der Waals surface area (Å²) < 4.78 is 14.9. The zero-order valence-electron chi connectivity index (χ0n) is 9.82. The molecule has 0 N–H and O–H groups in total. The first-order chi connectivity index (χ1) is 8.02. The number of carbonyl (C=O) groups excluding carboxylic acids is 2. The fourth-order valence-corrected chi connectivity index (χ4v) is 1.05. The fraction of sp³-hybridized carbons (Fsp3) is 0.333. The highest BCUT2D eigenvalue weighted by molar-refractivity contribution is 5.95. The van der Waals surface area contributed by atoms with Crippen molar-refractivity contribution >= 4 is 11.8 Å². The van der Waals surface area contributed by atoms with Crippen molar-refractivity contribution in [2.45, 2.75) is 20.3 Å². The molecule has 0 saturated heterocycles. The van der Waals surface area contributed by atoms with Crippen molar-refractivity contribution in [2.75, 3.05) is 6.61 Å². The van der Waals surface area contributed by atoms with Gasteiger partial charge >= 0.3 is 5.97 Å². The Morgan fingerprint density at radius 1 is 1.35 bits per heavy atom. The van der Waals surface area contributed by atoms with Crippen LogP contribution in [0.5, 0.6) is 0 Å². The van der Waals surface area contributed by atoms with Gasteiger partial charge in [-0.1, -0.05) is 6.92 Å². The smallest absolute Gasteiger partial charge is 0.331 e. The molecule has 0 fully saturated rings. The van der Waals surface area contributed by atoms with E-state index in [9.17, 15) is 9.59 Å². The number of ether oxygens (including phenoxy) is 3. The van der Waals surface area contributed by atoms with Gasteiger partial charge in [0.1, 0.15) is 5.76 Å². The Labute approximate surface area is 99.3 Å². The Morgan fingerprint density at radius 3 is 2.59 bits per heavy atom. The summed E-state index contributed by atoms with van der Waals surface area (Å²) in [5.41, 5.74) is 0. The van der Waals surface area contributed by atoms with Gasteiger partial charge in [-0.25, -0.2) is 4.79 Å². The highest BCUT2D eigenvalue weighted by Gasteiger charge is 2.18. The van der Waals surface area contributed by atoms with E-state index in [4.69, 9.17) is 14.2 Å². The van der Waals surface area contributed by atoms with Crippen LogP contribution in [-0.4, -0.2) is 18.4 Å². The van der Waals surface area contributed by atoms with E-state index < -0.39 is 5.97 Å². The molecule has 0 unspecified atom stereocenters. The summed E-state index contributed by atoms with van der Waals surface area (Å²) in [4.78, 5) is 22.1. The molecule has 1 aliphatic heterocycles. The lowest BCUT2D eigenvalue weighted by molar-refractivity contribution is -0.137. The molecule has 0 bridgehead atoms. The maximum Gasteiger partial charge on any atom is 0.331 e. The first kappa shape index (κ1) is 13.0. The van der Waals surface area contributed by atoms with E-state index in [0.717, 1.165) is 6.08 Å². The average molecular weight is 238 g/mol. The predicted octanol–water partition coefficient (Wildman–Crippen LogP) is 1.81. The number of hydrogen-bond acceptors (Lipinski definition) is 5. The Morgan fingerprint density at radius 2 is 2.06 bits per heavy atom. The van der Waals surface area contributed by atoms with Gasteiger partial charge in [0.15, 0.2) is 18.1 Å². The highest BCUT2D eigenvalue weighted by Crippen LogP contribution is 2.22. The second kappa shape index (κ2) is 5.89. The lowest BCUT2D eigenvalue weighted by Gasteiger charge is -2.01. The molecule has 5 heteroatoms. The summed E-state index contributed by atoms with van der Waals surface area (Å²) in [5, 5.41) is 0. The second-order valence-corrected chi connectivity index (χ2v) is 3.32. The topological polar surface area (TPSA) is 61.8 Å². The molecular formula is C12H14O5. The van der Waals surface area contributed by atoms with Crippen LogP contribution in [0.15, 0.2) is 36.2 Å². The van der Waals surface area contributed by atoms with Gasteiger partial charge in [-0.3, -0.25) is 4.79 Å². The van der Waals surface area contributed by atoms with Crippen molar-refractivity contribution in [3.05, 3.63) is 36.2 Å². The van der Waals surface area contributed by atoms with Crippen LogP contribution >= 0.6 is 0 Å². The van der Waals surface area contributed by atoms with Crippen LogP contribution in [0.25, 0.3) is 0 Å². The zero-order chi connectivity index (χ0) is 12.8. The van der Waals surface area contributed by atoms with Crippen LogP contribution in [0, 0.1) is 0 Å². The molecule has 0 aromatic carbocycles. The molecule has 5 nitrogen and oxygen atoms in total. The number of allylic oxidation sites excluding steroid dienone is 2. The molecule has 0 aliphatic carbocycles. The minimum atomic E-state index is -0.604. The van der Waals surface area contributed by atoms with Gasteiger partial charge in [0.2, 0.25) is 0 Å². The number of hydrogen-bond donors (Lipinski definition) is 0. The largest absolute Gasteiger partial charge is 0.454 e. The lowest BCUT2D eigenvalue weighted by Crippen LogP contribution is -2.06. The fourth-order valence-electron chi connectivity index (χ4n) is 1.05. The van der Waals surface area contributed by atoms with Crippen molar-refractivity contribution < 1.29 is 23.8 Å². The van der Waals surface area contributed by atoms with Crippen LogP contribution in [0.3, 0.4) is 0 Å². The minimum absolute atomic E-state index is 0.0473. The molecule has 0 atom stereocenters. The van der Waals surface area contributed by atoms with E-state index >= 15 is 0 Å². The Balaban J connectivity index is 2.39. The molecule has 1 heterocycles. The standard InChI is InChI=1S/C12H14O5/c1-4-10(13)5-6-12(14)15-7-11-8(2)16-9(3)17-11/h5-6H,3-4,7H2,1-2H3/b6-5+. The average Bonchev–Trinajstić information content (AvgIpc) is 2.62. The van der Waals surface area contributed by atoms with Crippen LogP contribution < -0.4 is 0 Å². The van der Waals surface area contributed by atoms with E-state index in [1.54, 1.807) is 13.8 Å². The summed E-state index contributed by atoms with van der Waals surface area (Å²) in [6.07, 6.45) is 2.63. The van der Waals surface area contributed by atoms with Crippen molar-refractivity contribution in [3.63, 3.8) is 0 Å². The zero-order valence-corrected chi connectivity index (χ0v) is 9.82. The molecule has 0 aromatic heterocycles. The first-order valence-electron chi connectivity index (χ1n) is 5.15. The Hall–Kier alpha value is -2.04. The molecule has 92 valence electrons. The Bertz CT molecular complexity index is 403. The Kier molecular flexibility index (Phi) is 4.51. The first-order valence-corrected chi connectivity index (χ1v) is 5.15. The van der Waals surface area contributed by atoms with Crippen LogP contribution in [-0.2, 0) is 23.8 Å². The van der Waals surface area contributed by atoms with Crippen molar-refractivity contribution in [3.8, 4) is 0 Å². The quantitative estimate of drug-likeness (QED) is 0.540. The molecule has 1 aliphatic rings. The third-order valence-electron chi connectivity index (χ3n) is 2.00. The van der Waals surface area contributed by atoms with E-state index in [-0.39, 0.29) is 18.3 Å². The third-order valence-corrected chi connectivity index (χ3v) is 2.00. The van der Waals surface area contributed by atoms with Crippen LogP contribution in [0.1, 0.15) is 20.3 Å². The number of rotatable bonds is 5. The molecule has 0 radical (unpaired) electrons. The van der Waals surface area contributed by atoms with Gasteiger partial charge in [0, 0.05) is 12.5 Å². The van der Waals surface area contributed by atoms with Crippen LogP contribution in [0.4, 0.5) is 0 Å². The lowest BCUT2D eigenvalue weighted by atomic mass is 10.3. The SMILES string of the molecule is C=C1OC(C)=C(COC(=O)/C=C/C(=O)CC)O1. The van der Waals surface area contributed by atoms with Crippen molar-refractivity contribution in [2.24, 2.45) is 0 Å². The van der Waals surface area contributed by atoms with E-state index in [1.165, 1.54) is 6.08 Å². The molecule has 0 saturated carbocycles. The van der Waals surface area contributed by atoms with Gasteiger partial charge in [0.05, 0.1) is 0 Å². The number of carbonyl (C=O) groups is 2. The molecule has 0 aromatic rings.